The van der Waals surface area contributed by atoms with Gasteiger partial charge in [0.25, 0.3) is 0 Å². The Morgan fingerprint density at radius 3 is 3.06 bits per heavy atom. The molecule has 0 radical (unpaired) electrons. The molecule has 1 unspecified atom stereocenters. The number of aliphatic imine (C=N–C) groups is 1. The highest BCUT2D eigenvalue weighted by molar-refractivity contribution is 5.91. The number of fused-ring (bicyclic) bond motifs is 5. The summed E-state index contributed by atoms with van der Waals surface area (Å²) in [5, 5.41) is 2.76. The van der Waals surface area contributed by atoms with Crippen molar-refractivity contribution < 1.29 is 0 Å². The van der Waals surface area contributed by atoms with Gasteiger partial charge in [-0.15, -0.1) is 0 Å². The van der Waals surface area contributed by atoms with Gasteiger partial charge in [-0.05, 0) is 35.2 Å². The minimum Gasteiger partial charge on any atom is -0.344 e. The van der Waals surface area contributed by atoms with E-state index < -0.39 is 0 Å². The summed E-state index contributed by atoms with van der Waals surface area (Å²) in [5.41, 5.74) is 2.89. The second-order valence-corrected chi connectivity index (χ2v) is 4.79. The van der Waals surface area contributed by atoms with E-state index in [1.54, 1.807) is 0 Å². The lowest BCUT2D eigenvalue weighted by atomic mass is 9.94. The van der Waals surface area contributed by atoms with Gasteiger partial charge in [-0.3, -0.25) is 4.99 Å². The average molecular weight is 222 g/mol. The van der Waals surface area contributed by atoms with Crippen LogP contribution in [0.25, 0.3) is 10.8 Å². The molecule has 0 aliphatic carbocycles. The van der Waals surface area contributed by atoms with Crippen LogP contribution in [0.1, 0.15) is 12.0 Å². The van der Waals surface area contributed by atoms with Crippen LogP contribution in [0.4, 0.5) is 5.69 Å². The average Bonchev–Trinajstić information content (AvgIpc) is 2.86. The molecule has 0 N–H and O–H groups in total. The maximum absolute atomic E-state index is 4.54. The van der Waals surface area contributed by atoms with Gasteiger partial charge in [-0.2, -0.15) is 0 Å². The van der Waals surface area contributed by atoms with Gasteiger partial charge in [0.15, 0.2) is 0 Å². The molecule has 2 nitrogen and oxygen atoms in total. The molecule has 17 heavy (non-hydrogen) atoms. The summed E-state index contributed by atoms with van der Waals surface area (Å²) in [6, 6.07) is 13.2. The number of nitrogens with zero attached hydrogens (tertiary/aromatic N) is 2. The van der Waals surface area contributed by atoms with Crippen molar-refractivity contribution in [3.05, 3.63) is 42.0 Å². The first kappa shape index (κ1) is 9.23. The molecule has 0 amide bonds. The van der Waals surface area contributed by atoms with Crippen LogP contribution in [0, 0.1) is 0 Å². The van der Waals surface area contributed by atoms with Crippen molar-refractivity contribution in [2.75, 3.05) is 11.4 Å². The first-order valence-corrected chi connectivity index (χ1v) is 6.22. The lowest BCUT2D eigenvalue weighted by Crippen LogP contribution is -2.34. The lowest BCUT2D eigenvalue weighted by Gasteiger charge is -2.33. The van der Waals surface area contributed by atoms with Gasteiger partial charge in [-0.1, -0.05) is 30.3 Å². The van der Waals surface area contributed by atoms with Crippen molar-refractivity contribution in [2.24, 2.45) is 4.99 Å². The zero-order valence-corrected chi connectivity index (χ0v) is 9.63. The first-order chi connectivity index (χ1) is 8.43. The predicted molar refractivity (Wildman–Crippen MR) is 71.9 cm³/mol. The van der Waals surface area contributed by atoms with Gasteiger partial charge >= 0.3 is 0 Å². The lowest BCUT2D eigenvalue weighted by molar-refractivity contribution is 0.594. The molecule has 2 aliphatic rings. The Bertz CT molecular complexity index is 615. The van der Waals surface area contributed by atoms with Crippen LogP contribution < -0.4 is 4.90 Å². The molecule has 2 aliphatic heterocycles. The van der Waals surface area contributed by atoms with Gasteiger partial charge in [0, 0.05) is 11.9 Å². The minimum absolute atomic E-state index is 0.392. The summed E-state index contributed by atoms with van der Waals surface area (Å²) < 4.78 is 0. The van der Waals surface area contributed by atoms with E-state index in [1.807, 2.05) is 0 Å². The molecule has 2 heterocycles. The maximum Gasteiger partial charge on any atom is 0.121 e. The second kappa shape index (κ2) is 3.33. The molecule has 0 fully saturated rings. The molecule has 2 heteroatoms. The quantitative estimate of drug-likeness (QED) is 0.669. The summed E-state index contributed by atoms with van der Waals surface area (Å²) in [4.78, 5) is 6.96. The Morgan fingerprint density at radius 2 is 2.06 bits per heavy atom. The van der Waals surface area contributed by atoms with E-state index in [1.165, 1.54) is 22.0 Å². The number of hydrogen-bond acceptors (Lipinski definition) is 2. The van der Waals surface area contributed by atoms with Crippen molar-refractivity contribution in [1.82, 2.24) is 0 Å². The van der Waals surface area contributed by atoms with E-state index in [9.17, 15) is 0 Å². The van der Waals surface area contributed by atoms with E-state index in [4.69, 9.17) is 0 Å². The van der Waals surface area contributed by atoms with Gasteiger partial charge in [0.05, 0.1) is 6.54 Å². The fraction of sp³-hybridized carbons (Fsp3) is 0.267. The maximum atomic E-state index is 4.54. The summed E-state index contributed by atoms with van der Waals surface area (Å²) in [6.07, 6.45) is 4.74. The van der Waals surface area contributed by atoms with E-state index >= 15 is 0 Å². The molecule has 2 aromatic rings. The van der Waals surface area contributed by atoms with Crippen LogP contribution in [0.15, 0.2) is 41.4 Å². The topological polar surface area (TPSA) is 15.6 Å². The molecule has 2 aromatic carbocycles. The molecule has 0 bridgehead atoms. The van der Waals surface area contributed by atoms with Crippen LogP contribution in [0.3, 0.4) is 0 Å². The molecule has 4 rings (SSSR count). The molecule has 0 saturated heterocycles. The predicted octanol–water partition coefficient (Wildman–Crippen LogP) is 3.00. The van der Waals surface area contributed by atoms with E-state index in [-0.39, 0.29) is 0 Å². The van der Waals surface area contributed by atoms with Crippen molar-refractivity contribution >= 4 is 22.7 Å². The largest absolute Gasteiger partial charge is 0.344 e. The Hall–Kier alpha value is -1.83. The van der Waals surface area contributed by atoms with Crippen molar-refractivity contribution in [1.29, 1.82) is 0 Å². The summed E-state index contributed by atoms with van der Waals surface area (Å²) in [7, 11) is 0. The highest BCUT2D eigenvalue weighted by Gasteiger charge is 2.28. The fourth-order valence-electron chi connectivity index (χ4n) is 3.08. The summed E-state index contributed by atoms with van der Waals surface area (Å²) in [5.74, 6) is 0. The third-order valence-corrected chi connectivity index (χ3v) is 3.89. The number of aryl methyl sites for hydroxylation is 1. The Morgan fingerprint density at radius 1 is 1.12 bits per heavy atom. The molecule has 0 saturated carbocycles. The number of rotatable bonds is 0. The van der Waals surface area contributed by atoms with E-state index in [2.05, 4.69) is 52.5 Å². The van der Waals surface area contributed by atoms with Crippen molar-refractivity contribution in [3.63, 3.8) is 0 Å². The van der Waals surface area contributed by atoms with Crippen LogP contribution in [-0.4, -0.2) is 18.9 Å². The highest BCUT2D eigenvalue weighted by atomic mass is 15.3. The number of hydrogen-bond donors (Lipinski definition) is 0. The molecule has 1 atom stereocenters. The van der Waals surface area contributed by atoms with Gasteiger partial charge < -0.3 is 4.90 Å². The van der Waals surface area contributed by atoms with Crippen molar-refractivity contribution in [2.45, 2.75) is 19.0 Å². The van der Waals surface area contributed by atoms with Crippen LogP contribution in [0.5, 0.6) is 0 Å². The molecular formula is C15H14N2. The third-order valence-electron chi connectivity index (χ3n) is 3.89. The highest BCUT2D eigenvalue weighted by Crippen LogP contribution is 2.36. The van der Waals surface area contributed by atoms with E-state index in [0.717, 1.165) is 19.4 Å². The van der Waals surface area contributed by atoms with Crippen LogP contribution in [-0.2, 0) is 6.42 Å². The SMILES string of the molecule is C1=NC2CCc3c(ccc4ccccc34)N2C1. The molecule has 0 spiro atoms. The first-order valence-electron chi connectivity index (χ1n) is 6.22. The zero-order chi connectivity index (χ0) is 11.2. The van der Waals surface area contributed by atoms with Crippen molar-refractivity contribution in [3.8, 4) is 0 Å². The standard InChI is InChI=1S/C15H14N2/c1-2-4-12-11(3-1)5-7-14-13(12)6-8-15-16-9-10-17(14)15/h1-5,7,9,15H,6,8,10H2. The fourth-order valence-corrected chi connectivity index (χ4v) is 3.08. The Labute approximate surface area is 101 Å². The zero-order valence-electron chi connectivity index (χ0n) is 9.63. The smallest absolute Gasteiger partial charge is 0.121 e. The molecule has 0 aromatic heterocycles. The summed E-state index contributed by atoms with van der Waals surface area (Å²) in [6.45, 7) is 0.968. The second-order valence-electron chi connectivity index (χ2n) is 4.79. The van der Waals surface area contributed by atoms with Gasteiger partial charge in [-0.25, -0.2) is 0 Å². The Kier molecular flexibility index (Phi) is 1.81. The third kappa shape index (κ3) is 1.24. The van der Waals surface area contributed by atoms with Gasteiger partial charge in [0.2, 0.25) is 0 Å². The Balaban J connectivity index is 1.97. The van der Waals surface area contributed by atoms with E-state index in [0.29, 0.717) is 6.17 Å². The van der Waals surface area contributed by atoms with Crippen LogP contribution >= 0.6 is 0 Å². The summed E-state index contributed by atoms with van der Waals surface area (Å²) >= 11 is 0. The van der Waals surface area contributed by atoms with Gasteiger partial charge in [0.1, 0.15) is 6.17 Å². The number of anilines is 1. The molecule has 84 valence electrons. The monoisotopic (exact) mass is 222 g/mol. The normalized spacial score (nSPS) is 21.6. The number of benzene rings is 2. The van der Waals surface area contributed by atoms with Crippen LogP contribution in [0.2, 0.25) is 0 Å². The minimum atomic E-state index is 0.392. The molecular weight excluding hydrogens is 208 g/mol.